The van der Waals surface area contributed by atoms with Gasteiger partial charge in [0.25, 0.3) is 0 Å². The van der Waals surface area contributed by atoms with E-state index in [4.69, 9.17) is 12.2 Å². The van der Waals surface area contributed by atoms with E-state index < -0.39 is 0 Å². The van der Waals surface area contributed by atoms with E-state index in [0.29, 0.717) is 0 Å². The molecule has 0 saturated carbocycles. The Bertz CT molecular complexity index is 310. The third-order valence-corrected chi connectivity index (χ3v) is 1.59. The van der Waals surface area contributed by atoms with Crippen LogP contribution in [0.1, 0.15) is 12.5 Å². The molecule has 1 aromatic carbocycles. The molecular weight excluding hydrogens is 148 g/mol. The first-order chi connectivity index (χ1) is 5.77. The Morgan fingerprint density at radius 2 is 2.33 bits per heavy atom. The highest BCUT2D eigenvalue weighted by atomic mass is 14.9. The van der Waals surface area contributed by atoms with Crippen molar-refractivity contribution in [2.75, 3.05) is 17.6 Å². The maximum atomic E-state index is 5.70. The minimum atomic E-state index is 0.732. The fourth-order valence-corrected chi connectivity index (χ4v) is 0.990. The number of hydrogen-bond acceptors (Lipinski definition) is 2. The number of nitrogen functional groups attached to an aromatic ring is 1. The predicted octanol–water partition coefficient (Wildman–Crippen LogP) is 1.68. The van der Waals surface area contributed by atoms with Gasteiger partial charge in [0.05, 0.1) is 11.4 Å². The van der Waals surface area contributed by atoms with Crippen molar-refractivity contribution in [1.82, 2.24) is 0 Å². The van der Waals surface area contributed by atoms with Crippen LogP contribution in [0.25, 0.3) is 0 Å². The molecule has 0 aromatic heterocycles. The largest absolute Gasteiger partial charge is 0.397 e. The molecule has 12 heavy (non-hydrogen) atoms. The summed E-state index contributed by atoms with van der Waals surface area (Å²) in [7, 11) is 0. The van der Waals surface area contributed by atoms with Gasteiger partial charge in [0, 0.05) is 12.1 Å². The standard InChI is InChI=1S/C10H12N2/c1-3-8-5-6-9(11)10(7-8)12-4-2/h1,5-7,12H,4,11H2,2H3. The van der Waals surface area contributed by atoms with Crippen LogP contribution in [0.2, 0.25) is 0 Å². The van der Waals surface area contributed by atoms with Crippen LogP contribution in [0, 0.1) is 12.3 Å². The maximum absolute atomic E-state index is 5.70. The zero-order chi connectivity index (χ0) is 8.97. The van der Waals surface area contributed by atoms with Crippen LogP contribution in [-0.2, 0) is 0 Å². The van der Waals surface area contributed by atoms with E-state index in [2.05, 4.69) is 11.2 Å². The molecule has 0 bridgehead atoms. The summed E-state index contributed by atoms with van der Waals surface area (Å²) in [6.07, 6.45) is 5.25. The molecule has 62 valence electrons. The van der Waals surface area contributed by atoms with Crippen LogP contribution < -0.4 is 11.1 Å². The molecule has 1 rings (SSSR count). The second kappa shape index (κ2) is 3.68. The summed E-state index contributed by atoms with van der Waals surface area (Å²) in [6.45, 7) is 2.86. The highest BCUT2D eigenvalue weighted by Gasteiger charge is 1.96. The van der Waals surface area contributed by atoms with Crippen molar-refractivity contribution in [1.29, 1.82) is 0 Å². The second-order valence-corrected chi connectivity index (χ2v) is 2.48. The van der Waals surface area contributed by atoms with E-state index in [1.165, 1.54) is 0 Å². The smallest absolute Gasteiger partial charge is 0.0586 e. The SMILES string of the molecule is C#Cc1ccc(N)c(NCC)c1. The molecule has 0 aliphatic heterocycles. The zero-order valence-electron chi connectivity index (χ0n) is 7.09. The highest BCUT2D eigenvalue weighted by Crippen LogP contribution is 2.18. The van der Waals surface area contributed by atoms with Gasteiger partial charge >= 0.3 is 0 Å². The normalized spacial score (nSPS) is 9.00. The van der Waals surface area contributed by atoms with Crippen molar-refractivity contribution in [2.45, 2.75) is 6.92 Å². The summed E-state index contributed by atoms with van der Waals surface area (Å²) in [6, 6.07) is 5.52. The second-order valence-electron chi connectivity index (χ2n) is 2.48. The monoisotopic (exact) mass is 160 g/mol. The van der Waals surface area contributed by atoms with Crippen molar-refractivity contribution >= 4 is 11.4 Å². The third kappa shape index (κ3) is 1.70. The first-order valence-electron chi connectivity index (χ1n) is 3.88. The van der Waals surface area contributed by atoms with Gasteiger partial charge in [0.2, 0.25) is 0 Å². The molecule has 0 spiro atoms. The van der Waals surface area contributed by atoms with Gasteiger partial charge in [-0.25, -0.2) is 0 Å². The molecule has 1 aromatic rings. The first-order valence-corrected chi connectivity index (χ1v) is 3.88. The maximum Gasteiger partial charge on any atom is 0.0586 e. The number of nitrogens with two attached hydrogens (primary N) is 1. The van der Waals surface area contributed by atoms with Crippen molar-refractivity contribution in [3.8, 4) is 12.3 Å². The Labute approximate surface area is 72.8 Å². The minimum absolute atomic E-state index is 0.732. The fourth-order valence-electron chi connectivity index (χ4n) is 0.990. The molecule has 0 fully saturated rings. The van der Waals surface area contributed by atoms with Gasteiger partial charge in [-0.2, -0.15) is 0 Å². The van der Waals surface area contributed by atoms with E-state index in [1.54, 1.807) is 0 Å². The summed E-state index contributed by atoms with van der Waals surface area (Å²) in [4.78, 5) is 0. The number of hydrogen-bond donors (Lipinski definition) is 2. The molecular formula is C10H12N2. The van der Waals surface area contributed by atoms with E-state index in [1.807, 2.05) is 25.1 Å². The summed E-state index contributed by atoms with van der Waals surface area (Å²) in [5.74, 6) is 2.56. The summed E-state index contributed by atoms with van der Waals surface area (Å²) < 4.78 is 0. The lowest BCUT2D eigenvalue weighted by Gasteiger charge is -2.06. The number of nitrogens with one attached hydrogen (secondary N) is 1. The van der Waals surface area contributed by atoms with Crippen LogP contribution >= 0.6 is 0 Å². The number of rotatable bonds is 2. The first kappa shape index (κ1) is 8.48. The molecule has 3 N–H and O–H groups in total. The topological polar surface area (TPSA) is 38.0 Å². The van der Waals surface area contributed by atoms with Crippen molar-refractivity contribution < 1.29 is 0 Å². The third-order valence-electron chi connectivity index (χ3n) is 1.59. The molecule has 2 nitrogen and oxygen atoms in total. The lowest BCUT2D eigenvalue weighted by molar-refractivity contribution is 1.21. The average molecular weight is 160 g/mol. The lowest BCUT2D eigenvalue weighted by Crippen LogP contribution is -2.00. The van der Waals surface area contributed by atoms with Gasteiger partial charge in [0.15, 0.2) is 0 Å². The van der Waals surface area contributed by atoms with Crippen molar-refractivity contribution in [3.05, 3.63) is 23.8 Å². The molecule has 0 amide bonds. The summed E-state index contributed by atoms with van der Waals surface area (Å²) >= 11 is 0. The van der Waals surface area contributed by atoms with E-state index in [9.17, 15) is 0 Å². The molecule has 0 aliphatic rings. The molecule has 0 atom stereocenters. The van der Waals surface area contributed by atoms with Gasteiger partial charge in [0.1, 0.15) is 0 Å². The van der Waals surface area contributed by atoms with E-state index in [-0.39, 0.29) is 0 Å². The van der Waals surface area contributed by atoms with Crippen LogP contribution in [-0.4, -0.2) is 6.54 Å². The predicted molar refractivity (Wildman–Crippen MR) is 53.0 cm³/mol. The Morgan fingerprint density at radius 1 is 1.58 bits per heavy atom. The lowest BCUT2D eigenvalue weighted by atomic mass is 10.2. The molecule has 2 heteroatoms. The quantitative estimate of drug-likeness (QED) is 0.510. The highest BCUT2D eigenvalue weighted by molar-refractivity contribution is 5.68. The van der Waals surface area contributed by atoms with Crippen molar-refractivity contribution in [2.24, 2.45) is 0 Å². The Morgan fingerprint density at radius 3 is 2.92 bits per heavy atom. The van der Waals surface area contributed by atoms with E-state index in [0.717, 1.165) is 23.5 Å². The van der Waals surface area contributed by atoms with Crippen LogP contribution in [0.5, 0.6) is 0 Å². The van der Waals surface area contributed by atoms with Gasteiger partial charge in [-0.3, -0.25) is 0 Å². The minimum Gasteiger partial charge on any atom is -0.397 e. The van der Waals surface area contributed by atoms with Gasteiger partial charge in [-0.15, -0.1) is 6.42 Å². The molecule has 0 unspecified atom stereocenters. The number of terminal acetylenes is 1. The summed E-state index contributed by atoms with van der Waals surface area (Å²) in [5, 5.41) is 3.13. The van der Waals surface area contributed by atoms with Crippen molar-refractivity contribution in [3.63, 3.8) is 0 Å². The number of benzene rings is 1. The Kier molecular flexibility index (Phi) is 2.60. The number of anilines is 2. The van der Waals surface area contributed by atoms with Crippen LogP contribution in [0.15, 0.2) is 18.2 Å². The van der Waals surface area contributed by atoms with Crippen LogP contribution in [0.3, 0.4) is 0 Å². The average Bonchev–Trinajstić information content (AvgIpc) is 2.09. The van der Waals surface area contributed by atoms with Gasteiger partial charge in [-0.1, -0.05) is 5.92 Å². The molecule has 0 heterocycles. The molecule has 0 saturated heterocycles. The zero-order valence-corrected chi connectivity index (χ0v) is 7.09. The fraction of sp³-hybridized carbons (Fsp3) is 0.200. The molecule has 0 aliphatic carbocycles. The Balaban J connectivity index is 3.01. The van der Waals surface area contributed by atoms with E-state index >= 15 is 0 Å². The molecule has 0 radical (unpaired) electrons. The Hall–Kier alpha value is -1.62. The van der Waals surface area contributed by atoms with Crippen LogP contribution in [0.4, 0.5) is 11.4 Å². The van der Waals surface area contributed by atoms with Gasteiger partial charge < -0.3 is 11.1 Å². The summed E-state index contributed by atoms with van der Waals surface area (Å²) in [5.41, 5.74) is 8.19. The van der Waals surface area contributed by atoms with Gasteiger partial charge in [-0.05, 0) is 25.1 Å².